The van der Waals surface area contributed by atoms with E-state index in [-0.39, 0.29) is 0 Å². The third kappa shape index (κ3) is 5.92. The Hall–Kier alpha value is -2.82. The number of aryl methyl sites for hydroxylation is 1. The molecular weight excluding hydrogens is 326 g/mol. The first-order valence-corrected chi connectivity index (χ1v) is 8.94. The lowest BCUT2D eigenvalue weighted by molar-refractivity contribution is -0.136. The zero-order valence-electron chi connectivity index (χ0n) is 15.7. The van der Waals surface area contributed by atoms with Crippen LogP contribution >= 0.6 is 0 Å². The molecule has 2 N–H and O–H groups in total. The van der Waals surface area contributed by atoms with Gasteiger partial charge in [0.05, 0.1) is 0 Å². The van der Waals surface area contributed by atoms with Gasteiger partial charge in [-0.1, -0.05) is 37.6 Å². The molecule has 0 bridgehead atoms. The Balaban J connectivity index is 1.82. The van der Waals surface area contributed by atoms with Crippen LogP contribution in [0, 0.1) is 0 Å². The van der Waals surface area contributed by atoms with Gasteiger partial charge >= 0.3 is 11.8 Å². The minimum atomic E-state index is -0.656. The van der Waals surface area contributed by atoms with Gasteiger partial charge in [0.25, 0.3) is 0 Å². The quantitative estimate of drug-likeness (QED) is 0.751. The third-order valence-electron chi connectivity index (χ3n) is 4.14. The molecule has 0 aliphatic heterocycles. The predicted molar refractivity (Wildman–Crippen MR) is 106 cm³/mol. The van der Waals surface area contributed by atoms with E-state index in [2.05, 4.69) is 17.6 Å². The number of nitrogens with zero attached hydrogens (tertiary/aromatic N) is 1. The Morgan fingerprint density at radius 2 is 1.50 bits per heavy atom. The fourth-order valence-electron chi connectivity index (χ4n) is 2.50. The lowest BCUT2D eigenvalue weighted by Crippen LogP contribution is -2.34. The molecule has 2 amide bonds. The molecule has 0 fully saturated rings. The van der Waals surface area contributed by atoms with Crippen LogP contribution in [0.5, 0.6) is 0 Å². The molecule has 2 aromatic carbocycles. The maximum atomic E-state index is 12.0. The Kier molecular flexibility index (Phi) is 7.21. The molecule has 0 radical (unpaired) electrons. The van der Waals surface area contributed by atoms with Crippen molar-refractivity contribution in [2.45, 2.75) is 32.7 Å². The van der Waals surface area contributed by atoms with Gasteiger partial charge in [0.2, 0.25) is 0 Å². The van der Waals surface area contributed by atoms with E-state index in [0.29, 0.717) is 12.2 Å². The van der Waals surface area contributed by atoms with Crippen LogP contribution in [0.15, 0.2) is 48.5 Å². The summed E-state index contributed by atoms with van der Waals surface area (Å²) < 4.78 is 0. The van der Waals surface area contributed by atoms with Crippen molar-refractivity contribution in [3.63, 3.8) is 0 Å². The number of carbonyl (C=O) groups excluding carboxylic acids is 2. The highest BCUT2D eigenvalue weighted by atomic mass is 16.2. The van der Waals surface area contributed by atoms with E-state index >= 15 is 0 Å². The molecule has 0 atom stereocenters. The van der Waals surface area contributed by atoms with E-state index in [1.165, 1.54) is 5.56 Å². The van der Waals surface area contributed by atoms with Crippen molar-refractivity contribution in [1.29, 1.82) is 0 Å². The summed E-state index contributed by atoms with van der Waals surface area (Å²) in [7, 11) is 3.94. The molecule has 0 spiro atoms. The van der Waals surface area contributed by atoms with Crippen LogP contribution in [0.25, 0.3) is 0 Å². The van der Waals surface area contributed by atoms with E-state index in [1.54, 1.807) is 0 Å². The number of unbranched alkanes of at least 4 members (excludes halogenated alkanes) is 1. The third-order valence-corrected chi connectivity index (χ3v) is 4.14. The summed E-state index contributed by atoms with van der Waals surface area (Å²) in [5, 5.41) is 5.27. The average molecular weight is 353 g/mol. The van der Waals surface area contributed by atoms with Gasteiger partial charge in [-0.3, -0.25) is 9.59 Å². The molecule has 2 rings (SSSR count). The summed E-state index contributed by atoms with van der Waals surface area (Å²) in [6, 6.07) is 15.4. The molecule has 5 nitrogen and oxygen atoms in total. The molecular formula is C21H27N3O2. The Bertz CT molecular complexity index is 722. The van der Waals surface area contributed by atoms with Crippen molar-refractivity contribution in [2.75, 3.05) is 24.3 Å². The van der Waals surface area contributed by atoms with Gasteiger partial charge in [0.15, 0.2) is 0 Å². The lowest BCUT2D eigenvalue weighted by atomic mass is 10.1. The minimum absolute atomic E-state index is 0.315. The van der Waals surface area contributed by atoms with E-state index < -0.39 is 11.8 Å². The zero-order chi connectivity index (χ0) is 18.9. The summed E-state index contributed by atoms with van der Waals surface area (Å²) in [6.45, 7) is 2.47. The minimum Gasteiger partial charge on any atom is -0.378 e. The van der Waals surface area contributed by atoms with Crippen molar-refractivity contribution in [2.24, 2.45) is 0 Å². The monoisotopic (exact) mass is 353 g/mol. The smallest absolute Gasteiger partial charge is 0.313 e. The highest BCUT2D eigenvalue weighted by Crippen LogP contribution is 2.13. The molecule has 2 aromatic rings. The first-order chi connectivity index (χ1) is 12.5. The molecule has 26 heavy (non-hydrogen) atoms. The number of anilines is 2. The highest BCUT2D eigenvalue weighted by molar-refractivity contribution is 6.39. The molecule has 0 unspecified atom stereocenters. The number of benzene rings is 2. The molecule has 138 valence electrons. The summed E-state index contributed by atoms with van der Waals surface area (Å²) in [4.78, 5) is 26.0. The number of rotatable bonds is 7. The molecule has 5 heteroatoms. The summed E-state index contributed by atoms with van der Waals surface area (Å²) in [6.07, 6.45) is 3.32. The number of nitrogens with one attached hydrogen (secondary N) is 2. The maximum Gasteiger partial charge on any atom is 0.313 e. The van der Waals surface area contributed by atoms with Gasteiger partial charge < -0.3 is 15.5 Å². The average Bonchev–Trinajstić information content (AvgIpc) is 2.65. The number of amides is 2. The van der Waals surface area contributed by atoms with Crippen molar-refractivity contribution >= 4 is 23.2 Å². The Morgan fingerprint density at radius 3 is 2.08 bits per heavy atom. The zero-order valence-corrected chi connectivity index (χ0v) is 15.7. The van der Waals surface area contributed by atoms with E-state index in [9.17, 15) is 9.59 Å². The second kappa shape index (κ2) is 9.61. The van der Waals surface area contributed by atoms with E-state index in [4.69, 9.17) is 0 Å². The standard InChI is InChI=1S/C21H27N3O2/c1-4-5-6-16-7-11-18(12-8-16)23-21(26)20(25)22-15-17-9-13-19(14-10-17)24(2)3/h7-14H,4-6,15H2,1-3H3,(H,22,25)(H,23,26). The molecule has 0 saturated carbocycles. The number of carbonyl (C=O) groups is 2. The Morgan fingerprint density at radius 1 is 0.885 bits per heavy atom. The van der Waals surface area contributed by atoms with Crippen LogP contribution in [0.3, 0.4) is 0 Å². The van der Waals surface area contributed by atoms with Gasteiger partial charge in [0, 0.05) is 32.0 Å². The van der Waals surface area contributed by atoms with Crippen molar-refractivity contribution in [3.05, 3.63) is 59.7 Å². The lowest BCUT2D eigenvalue weighted by Gasteiger charge is -2.13. The van der Waals surface area contributed by atoms with E-state index in [0.717, 1.165) is 30.5 Å². The van der Waals surface area contributed by atoms with Gasteiger partial charge in [-0.25, -0.2) is 0 Å². The van der Waals surface area contributed by atoms with Crippen molar-refractivity contribution in [1.82, 2.24) is 5.32 Å². The highest BCUT2D eigenvalue weighted by Gasteiger charge is 2.13. The fraction of sp³-hybridized carbons (Fsp3) is 0.333. The number of hydrogen-bond donors (Lipinski definition) is 2. The first kappa shape index (κ1) is 19.5. The molecule has 0 heterocycles. The van der Waals surface area contributed by atoms with Gasteiger partial charge in [-0.15, -0.1) is 0 Å². The van der Waals surface area contributed by atoms with Gasteiger partial charge in [-0.2, -0.15) is 0 Å². The van der Waals surface area contributed by atoms with Crippen LogP contribution in [0.2, 0.25) is 0 Å². The summed E-state index contributed by atoms with van der Waals surface area (Å²) in [5.41, 5.74) is 3.88. The van der Waals surface area contributed by atoms with Crippen LogP contribution in [0.1, 0.15) is 30.9 Å². The van der Waals surface area contributed by atoms with Crippen LogP contribution in [-0.4, -0.2) is 25.9 Å². The maximum absolute atomic E-state index is 12.0. The molecule has 0 aliphatic carbocycles. The van der Waals surface area contributed by atoms with Crippen molar-refractivity contribution in [3.8, 4) is 0 Å². The molecule has 0 saturated heterocycles. The first-order valence-electron chi connectivity index (χ1n) is 8.94. The van der Waals surface area contributed by atoms with Gasteiger partial charge in [-0.05, 0) is 48.2 Å². The van der Waals surface area contributed by atoms with Gasteiger partial charge in [0.1, 0.15) is 0 Å². The van der Waals surface area contributed by atoms with E-state index in [1.807, 2.05) is 67.5 Å². The predicted octanol–water partition coefficient (Wildman–Crippen LogP) is 3.35. The normalized spacial score (nSPS) is 10.3. The molecule has 0 aliphatic rings. The van der Waals surface area contributed by atoms with Crippen LogP contribution < -0.4 is 15.5 Å². The largest absolute Gasteiger partial charge is 0.378 e. The summed E-state index contributed by atoms with van der Waals surface area (Å²) in [5.74, 6) is -1.30. The fourth-order valence-corrected chi connectivity index (χ4v) is 2.50. The summed E-state index contributed by atoms with van der Waals surface area (Å²) >= 11 is 0. The Labute approximate surface area is 155 Å². The van der Waals surface area contributed by atoms with Crippen molar-refractivity contribution < 1.29 is 9.59 Å². The van der Waals surface area contributed by atoms with Crippen LogP contribution in [0.4, 0.5) is 11.4 Å². The number of hydrogen-bond acceptors (Lipinski definition) is 3. The molecule has 0 aromatic heterocycles. The SMILES string of the molecule is CCCCc1ccc(NC(=O)C(=O)NCc2ccc(N(C)C)cc2)cc1. The van der Waals surface area contributed by atoms with Crippen LogP contribution in [-0.2, 0) is 22.6 Å². The second-order valence-electron chi connectivity index (χ2n) is 6.50. The second-order valence-corrected chi connectivity index (χ2v) is 6.50. The topological polar surface area (TPSA) is 61.4 Å².